The van der Waals surface area contributed by atoms with Gasteiger partial charge in [-0.15, -0.1) is 5.75 Å². The Kier molecular flexibility index (Phi) is 23.8. The van der Waals surface area contributed by atoms with Gasteiger partial charge < -0.3 is 24.2 Å². The number of hydrogen-bond donors (Lipinski definition) is 2. The van der Waals surface area contributed by atoms with Crippen LogP contribution in [0.2, 0.25) is 0 Å². The van der Waals surface area contributed by atoms with Gasteiger partial charge in [0.2, 0.25) is 0 Å². The topological polar surface area (TPSA) is 173 Å². The molecule has 2 N–H and O–H groups in total. The Balaban J connectivity index is 0.000000387. The number of phenolic OH excluding ortho intramolecular Hbond substituents is 1. The van der Waals surface area contributed by atoms with Gasteiger partial charge in [-0.3, -0.25) is 4.55 Å². The van der Waals surface area contributed by atoms with Crippen molar-refractivity contribution in [3.05, 3.63) is 96.1 Å². The van der Waals surface area contributed by atoms with E-state index in [1.165, 1.54) is 102 Å². The predicted octanol–water partition coefficient (Wildman–Crippen LogP) is 10.9. The molecule has 308 valence electrons. The van der Waals surface area contributed by atoms with Crippen LogP contribution in [0.5, 0.6) is 34.5 Å². The van der Waals surface area contributed by atoms with Gasteiger partial charge in [0, 0.05) is 6.07 Å². The number of phenols is 1. The van der Waals surface area contributed by atoms with Crippen LogP contribution < -0.4 is 14.6 Å². The van der Waals surface area contributed by atoms with Gasteiger partial charge in [0.25, 0.3) is 10.1 Å². The molecule has 0 atom stereocenters. The molecule has 4 aromatic rings. The molecule has 0 fully saturated rings. The first kappa shape index (κ1) is 50.3. The number of aromatic hydroxyl groups is 1. The van der Waals surface area contributed by atoms with E-state index in [1.54, 1.807) is 12.1 Å². The number of benzene rings is 4. The zero-order chi connectivity index (χ0) is 40.8. The molecule has 10 nitrogen and oxygen atoms in total. The van der Waals surface area contributed by atoms with Gasteiger partial charge >= 0.3 is 37.7 Å². The molecule has 0 unspecified atom stereocenters. The summed E-state index contributed by atoms with van der Waals surface area (Å²) in [4.78, 5) is -0.903. The molecular formula is C44H58CaO10S2. The molecule has 0 aliphatic rings. The van der Waals surface area contributed by atoms with E-state index < -0.39 is 30.9 Å². The zero-order valence-corrected chi connectivity index (χ0v) is 37.3. The second-order valence-corrected chi connectivity index (χ2v) is 16.9. The molecule has 0 radical (unpaired) electrons. The van der Waals surface area contributed by atoms with E-state index in [0.717, 1.165) is 61.1 Å². The average Bonchev–Trinajstić information content (AvgIpc) is 3.13. The standard InChI is InChI=1S/2C22H30O5S.Ca/c2*1-2-3-4-5-6-7-8-9-11-18-12-10-13-20(16-18)27-21-17-19(23)14-15-22(21)28(24,25)26;/h2*10,12-17,23H,2-9,11H2,1H3,(H,24,25,26);/q;;+2/p-2. The minimum Gasteiger partial charge on any atom is -0.872 e. The smallest absolute Gasteiger partial charge is 0.872 e. The predicted molar refractivity (Wildman–Crippen MR) is 223 cm³/mol. The van der Waals surface area contributed by atoms with Crippen molar-refractivity contribution in [2.45, 2.75) is 139 Å². The van der Waals surface area contributed by atoms with Crippen molar-refractivity contribution >= 4 is 58.0 Å². The minimum absolute atomic E-state index is 0. The monoisotopic (exact) mass is 850 g/mol. The van der Waals surface area contributed by atoms with Gasteiger partial charge in [0.05, 0.1) is 4.90 Å². The summed E-state index contributed by atoms with van der Waals surface area (Å²) in [6.07, 6.45) is 21.9. The van der Waals surface area contributed by atoms with E-state index in [4.69, 9.17) is 9.47 Å². The average molecular weight is 851 g/mol. The molecule has 0 saturated carbocycles. The molecule has 0 spiro atoms. The molecule has 4 rings (SSSR count). The second-order valence-electron chi connectivity index (χ2n) is 14.1. The van der Waals surface area contributed by atoms with Crippen LogP contribution in [-0.4, -0.2) is 68.8 Å². The summed E-state index contributed by atoms with van der Waals surface area (Å²) in [5.41, 5.74) is 2.19. The maximum absolute atomic E-state index is 11.5. The Labute approximate surface area is 370 Å². The Morgan fingerprint density at radius 1 is 0.544 bits per heavy atom. The van der Waals surface area contributed by atoms with E-state index in [2.05, 4.69) is 13.8 Å². The van der Waals surface area contributed by atoms with E-state index >= 15 is 0 Å². The number of ether oxygens (including phenoxy) is 2. The summed E-state index contributed by atoms with van der Waals surface area (Å²) < 4.78 is 77.7. The van der Waals surface area contributed by atoms with Crippen molar-refractivity contribution < 1.29 is 45.6 Å². The van der Waals surface area contributed by atoms with Crippen LogP contribution in [0.4, 0.5) is 0 Å². The SMILES string of the molecule is CCCCCCCCCCc1cccc(Oc2cc(O)ccc2S(=O)(=O)O)c1.CCCCCCCCCCc1cccc(Oc2cc([O-])ccc2S(=O)(=O)[O-])c1.[Ca+2]. The third kappa shape index (κ3) is 20.1. The van der Waals surface area contributed by atoms with Crippen molar-refractivity contribution in [1.82, 2.24) is 0 Å². The minimum atomic E-state index is -4.72. The van der Waals surface area contributed by atoms with Gasteiger partial charge in [0.1, 0.15) is 38.0 Å². The third-order valence-electron chi connectivity index (χ3n) is 9.28. The van der Waals surface area contributed by atoms with Crippen molar-refractivity contribution in [2.24, 2.45) is 0 Å². The number of aryl methyl sites for hydroxylation is 2. The summed E-state index contributed by atoms with van der Waals surface area (Å²) in [5, 5.41) is 21.1. The third-order valence-corrected chi connectivity index (χ3v) is 11.0. The van der Waals surface area contributed by atoms with Crippen LogP contribution >= 0.6 is 0 Å². The van der Waals surface area contributed by atoms with Gasteiger partial charge in [-0.25, -0.2) is 8.42 Å². The molecule has 0 aliphatic carbocycles. The quantitative estimate of drug-likeness (QED) is 0.0392. The van der Waals surface area contributed by atoms with Crippen LogP contribution in [0.15, 0.2) is 94.7 Å². The number of hydrogen-bond acceptors (Lipinski definition) is 9. The van der Waals surface area contributed by atoms with Crippen LogP contribution in [-0.2, 0) is 33.1 Å². The van der Waals surface area contributed by atoms with E-state index in [0.29, 0.717) is 11.5 Å². The fourth-order valence-electron chi connectivity index (χ4n) is 6.27. The Hall–Kier alpha value is -2.84. The van der Waals surface area contributed by atoms with Crippen molar-refractivity contribution in [1.29, 1.82) is 0 Å². The summed E-state index contributed by atoms with van der Waals surface area (Å²) >= 11 is 0. The number of unbranched alkanes of at least 4 members (excludes halogenated alkanes) is 14. The summed E-state index contributed by atoms with van der Waals surface area (Å²) in [7, 11) is -9.17. The molecule has 0 saturated heterocycles. The van der Waals surface area contributed by atoms with Crippen LogP contribution in [0.3, 0.4) is 0 Å². The molecule has 0 aliphatic heterocycles. The molecule has 0 bridgehead atoms. The summed E-state index contributed by atoms with van der Waals surface area (Å²) in [6, 6.07) is 21.3. The fourth-order valence-corrected chi connectivity index (χ4v) is 7.45. The number of rotatable bonds is 24. The molecule has 0 amide bonds. The maximum atomic E-state index is 11.5. The maximum Gasteiger partial charge on any atom is 2.00 e. The van der Waals surface area contributed by atoms with Crippen LogP contribution in [0.25, 0.3) is 0 Å². The fraction of sp³-hybridized carbons (Fsp3) is 0.455. The normalized spacial score (nSPS) is 11.3. The molecular weight excluding hydrogens is 793 g/mol. The molecule has 0 aromatic heterocycles. The first-order valence-corrected chi connectivity index (χ1v) is 22.8. The van der Waals surface area contributed by atoms with E-state index in [-0.39, 0.29) is 59.9 Å². The molecule has 0 heterocycles. The van der Waals surface area contributed by atoms with Gasteiger partial charge in [-0.05, 0) is 85.3 Å². The first-order valence-electron chi connectivity index (χ1n) is 19.9. The Morgan fingerprint density at radius 3 is 1.40 bits per heavy atom. The first-order chi connectivity index (χ1) is 26.8. The largest absolute Gasteiger partial charge is 2.00 e. The van der Waals surface area contributed by atoms with E-state index in [9.17, 15) is 36.2 Å². The van der Waals surface area contributed by atoms with Gasteiger partial charge in [-0.2, -0.15) is 8.42 Å². The second kappa shape index (κ2) is 27.0. The molecule has 4 aromatic carbocycles. The zero-order valence-electron chi connectivity index (χ0n) is 33.5. The van der Waals surface area contributed by atoms with Crippen LogP contribution in [0, 0.1) is 0 Å². The molecule has 13 heteroatoms. The Bertz CT molecular complexity index is 1840. The van der Waals surface area contributed by atoms with Crippen molar-refractivity contribution in [3.8, 4) is 34.5 Å². The Morgan fingerprint density at radius 2 is 0.965 bits per heavy atom. The molecule has 57 heavy (non-hydrogen) atoms. The van der Waals surface area contributed by atoms with E-state index in [1.807, 2.05) is 36.4 Å². The van der Waals surface area contributed by atoms with Crippen LogP contribution in [0.1, 0.15) is 128 Å². The van der Waals surface area contributed by atoms with Crippen molar-refractivity contribution in [2.75, 3.05) is 0 Å². The summed E-state index contributed by atoms with van der Waals surface area (Å²) in [5.74, 6) is -0.0198. The van der Waals surface area contributed by atoms with Crippen molar-refractivity contribution in [3.63, 3.8) is 0 Å². The van der Waals surface area contributed by atoms with Gasteiger partial charge in [0.15, 0.2) is 5.75 Å². The summed E-state index contributed by atoms with van der Waals surface area (Å²) in [6.45, 7) is 4.44. The van der Waals surface area contributed by atoms with Gasteiger partial charge in [-0.1, -0.05) is 134 Å².